The number of hydrogen-bond acceptors (Lipinski definition) is 4. The van der Waals surface area contributed by atoms with Gasteiger partial charge in [0.15, 0.2) is 15.6 Å². The summed E-state index contributed by atoms with van der Waals surface area (Å²) in [6, 6.07) is 4.73. The second-order valence-electron chi connectivity index (χ2n) is 4.60. The molecule has 0 amide bonds. The Labute approximate surface area is 110 Å². The lowest BCUT2D eigenvalue weighted by atomic mass is 10.1. The zero-order valence-electron chi connectivity index (χ0n) is 10.9. The largest absolute Gasteiger partial charge is 0.328 e. The third kappa shape index (κ3) is 2.46. The Morgan fingerprint density at radius 1 is 1.16 bits per heavy atom. The van der Waals surface area contributed by atoms with Crippen LogP contribution >= 0.6 is 0 Å². The van der Waals surface area contributed by atoms with Crippen molar-refractivity contribution in [3.05, 3.63) is 34.2 Å². The standard InChI is InChI=1S/C12H14N2O4S/c1-13-9-5-4-8(11(15)7-19(3,17)18)6-10(9)14(2)12(13)16/h4-6H,7H2,1-3H3. The van der Waals surface area contributed by atoms with Crippen molar-refractivity contribution in [3.63, 3.8) is 0 Å². The van der Waals surface area contributed by atoms with E-state index in [0.29, 0.717) is 16.6 Å². The Hall–Kier alpha value is -1.89. The summed E-state index contributed by atoms with van der Waals surface area (Å²) in [5.41, 5.74) is 1.40. The summed E-state index contributed by atoms with van der Waals surface area (Å²) in [5, 5.41) is 0. The third-order valence-corrected chi connectivity index (χ3v) is 3.77. The molecule has 0 spiro atoms. The molecule has 0 atom stereocenters. The number of ketones is 1. The Bertz CT molecular complexity index is 827. The van der Waals surface area contributed by atoms with E-state index in [4.69, 9.17) is 0 Å². The maximum Gasteiger partial charge on any atom is 0.328 e. The van der Waals surface area contributed by atoms with E-state index in [1.165, 1.54) is 15.2 Å². The number of fused-ring (bicyclic) bond motifs is 1. The first-order valence-corrected chi connectivity index (χ1v) is 7.63. The highest BCUT2D eigenvalue weighted by Gasteiger charge is 2.15. The highest BCUT2D eigenvalue weighted by molar-refractivity contribution is 7.91. The normalized spacial score (nSPS) is 11.9. The molecule has 7 heteroatoms. The molecular weight excluding hydrogens is 268 g/mol. The van der Waals surface area contributed by atoms with E-state index in [0.717, 1.165) is 6.26 Å². The van der Waals surface area contributed by atoms with Gasteiger partial charge in [-0.3, -0.25) is 13.9 Å². The summed E-state index contributed by atoms with van der Waals surface area (Å²) in [4.78, 5) is 23.6. The van der Waals surface area contributed by atoms with Crippen LogP contribution in [-0.4, -0.2) is 35.3 Å². The number of sulfone groups is 1. The quantitative estimate of drug-likeness (QED) is 0.748. The number of aryl methyl sites for hydroxylation is 2. The zero-order chi connectivity index (χ0) is 14.4. The van der Waals surface area contributed by atoms with Crippen LogP contribution < -0.4 is 5.69 Å². The van der Waals surface area contributed by atoms with Crippen molar-refractivity contribution in [2.45, 2.75) is 0 Å². The van der Waals surface area contributed by atoms with Gasteiger partial charge in [0.2, 0.25) is 0 Å². The molecule has 0 unspecified atom stereocenters. The fraction of sp³-hybridized carbons (Fsp3) is 0.333. The molecule has 0 saturated heterocycles. The molecule has 0 saturated carbocycles. The molecule has 2 aromatic rings. The van der Waals surface area contributed by atoms with Gasteiger partial charge < -0.3 is 0 Å². The number of benzene rings is 1. The zero-order valence-corrected chi connectivity index (χ0v) is 11.7. The Balaban J connectivity index is 2.57. The third-order valence-electron chi connectivity index (χ3n) is 2.99. The number of imidazole rings is 1. The minimum absolute atomic E-state index is 0.192. The molecule has 102 valence electrons. The van der Waals surface area contributed by atoms with Crippen LogP contribution in [-0.2, 0) is 23.9 Å². The van der Waals surface area contributed by atoms with E-state index in [9.17, 15) is 18.0 Å². The highest BCUT2D eigenvalue weighted by Crippen LogP contribution is 2.14. The second-order valence-corrected chi connectivity index (χ2v) is 6.74. The molecule has 1 heterocycles. The first kappa shape index (κ1) is 13.5. The van der Waals surface area contributed by atoms with Crippen LogP contribution in [0.1, 0.15) is 10.4 Å². The van der Waals surface area contributed by atoms with Crippen molar-refractivity contribution >= 4 is 26.7 Å². The van der Waals surface area contributed by atoms with Crippen LogP contribution in [0.5, 0.6) is 0 Å². The van der Waals surface area contributed by atoms with Crippen LogP contribution in [0.4, 0.5) is 0 Å². The van der Waals surface area contributed by atoms with Crippen molar-refractivity contribution < 1.29 is 13.2 Å². The molecule has 0 fully saturated rings. The minimum Gasteiger partial charge on any atom is -0.295 e. The number of carbonyl (C=O) groups excluding carboxylic acids is 1. The molecule has 19 heavy (non-hydrogen) atoms. The first-order chi connectivity index (χ1) is 8.70. The van der Waals surface area contributed by atoms with Gasteiger partial charge in [-0.05, 0) is 18.2 Å². The average molecular weight is 282 g/mol. The van der Waals surface area contributed by atoms with Gasteiger partial charge in [0.25, 0.3) is 0 Å². The predicted molar refractivity (Wildman–Crippen MR) is 72.2 cm³/mol. The Morgan fingerprint density at radius 2 is 1.74 bits per heavy atom. The number of hydrogen-bond donors (Lipinski definition) is 0. The predicted octanol–water partition coefficient (Wildman–Crippen LogP) is 0.104. The number of Topliss-reactive ketones (excluding diaryl/α,β-unsaturated/α-hetero) is 1. The SMILES string of the molecule is Cn1c(=O)n(C)c2cc(C(=O)CS(C)(=O)=O)ccc21. The molecule has 6 nitrogen and oxygen atoms in total. The summed E-state index contributed by atoms with van der Waals surface area (Å²) in [5.74, 6) is -1.00. The topological polar surface area (TPSA) is 78.1 Å². The lowest BCUT2D eigenvalue weighted by Crippen LogP contribution is -2.19. The van der Waals surface area contributed by atoms with Gasteiger partial charge in [0, 0.05) is 25.9 Å². The van der Waals surface area contributed by atoms with Crippen molar-refractivity contribution in [2.75, 3.05) is 12.0 Å². The van der Waals surface area contributed by atoms with Crippen LogP contribution in [0.25, 0.3) is 11.0 Å². The van der Waals surface area contributed by atoms with Crippen molar-refractivity contribution in [1.29, 1.82) is 0 Å². The molecule has 2 rings (SSSR count). The summed E-state index contributed by atoms with van der Waals surface area (Å²) in [7, 11) is -0.113. The second kappa shape index (κ2) is 4.34. The number of carbonyl (C=O) groups is 1. The molecule has 0 bridgehead atoms. The van der Waals surface area contributed by atoms with Crippen LogP contribution in [0, 0.1) is 0 Å². The molecule has 0 aliphatic carbocycles. The summed E-state index contributed by atoms with van der Waals surface area (Å²) in [6.45, 7) is 0. The van der Waals surface area contributed by atoms with Gasteiger partial charge in [-0.2, -0.15) is 0 Å². The monoisotopic (exact) mass is 282 g/mol. The fourth-order valence-electron chi connectivity index (χ4n) is 2.00. The van der Waals surface area contributed by atoms with E-state index in [-0.39, 0.29) is 5.69 Å². The molecular formula is C12H14N2O4S. The average Bonchev–Trinajstić information content (AvgIpc) is 2.52. The van der Waals surface area contributed by atoms with Crippen LogP contribution in [0.3, 0.4) is 0 Å². The van der Waals surface area contributed by atoms with E-state index in [2.05, 4.69) is 0 Å². The van der Waals surface area contributed by atoms with Gasteiger partial charge in [-0.15, -0.1) is 0 Å². The van der Waals surface area contributed by atoms with E-state index in [1.807, 2.05) is 0 Å². The molecule has 0 N–H and O–H groups in total. The molecule has 0 radical (unpaired) electrons. The van der Waals surface area contributed by atoms with E-state index in [1.54, 1.807) is 26.2 Å². The van der Waals surface area contributed by atoms with Crippen molar-refractivity contribution in [3.8, 4) is 0 Å². The summed E-state index contributed by atoms with van der Waals surface area (Å²) >= 11 is 0. The highest BCUT2D eigenvalue weighted by atomic mass is 32.2. The fourth-order valence-corrected chi connectivity index (χ4v) is 2.64. The van der Waals surface area contributed by atoms with Gasteiger partial charge in [-0.25, -0.2) is 13.2 Å². The summed E-state index contributed by atoms with van der Waals surface area (Å²) in [6.07, 6.45) is 1.02. The molecule has 0 aliphatic heterocycles. The Morgan fingerprint density at radius 3 is 2.32 bits per heavy atom. The van der Waals surface area contributed by atoms with Gasteiger partial charge in [0.05, 0.1) is 11.0 Å². The van der Waals surface area contributed by atoms with Crippen molar-refractivity contribution in [1.82, 2.24) is 9.13 Å². The van der Waals surface area contributed by atoms with Gasteiger partial charge in [-0.1, -0.05) is 0 Å². The molecule has 1 aromatic carbocycles. The maximum atomic E-state index is 11.8. The van der Waals surface area contributed by atoms with E-state index < -0.39 is 21.4 Å². The lowest BCUT2D eigenvalue weighted by Gasteiger charge is -2.01. The van der Waals surface area contributed by atoms with E-state index >= 15 is 0 Å². The number of aromatic nitrogens is 2. The smallest absolute Gasteiger partial charge is 0.295 e. The lowest BCUT2D eigenvalue weighted by molar-refractivity contribution is 0.102. The molecule has 1 aromatic heterocycles. The number of nitrogens with zero attached hydrogens (tertiary/aromatic N) is 2. The Kier molecular flexibility index (Phi) is 3.09. The van der Waals surface area contributed by atoms with Crippen molar-refractivity contribution in [2.24, 2.45) is 14.1 Å². The summed E-state index contributed by atoms with van der Waals surface area (Å²) < 4.78 is 25.1. The first-order valence-electron chi connectivity index (χ1n) is 5.57. The van der Waals surface area contributed by atoms with Crippen LogP contribution in [0.2, 0.25) is 0 Å². The molecule has 0 aliphatic rings. The maximum absolute atomic E-state index is 11.8. The van der Waals surface area contributed by atoms with Gasteiger partial charge >= 0.3 is 5.69 Å². The minimum atomic E-state index is -3.36. The van der Waals surface area contributed by atoms with Gasteiger partial charge in [0.1, 0.15) is 5.75 Å². The van der Waals surface area contributed by atoms with Crippen LogP contribution in [0.15, 0.2) is 23.0 Å². The number of rotatable bonds is 3.